The summed E-state index contributed by atoms with van der Waals surface area (Å²) in [5.74, 6) is 0. The number of piperazine rings is 1. The molecule has 2 aromatic heterocycles. The molecule has 27 heavy (non-hydrogen) atoms. The largest absolute Gasteiger partial charge is 0.341 e. The van der Waals surface area contributed by atoms with Gasteiger partial charge in [-0.1, -0.05) is 30.3 Å². The van der Waals surface area contributed by atoms with Crippen molar-refractivity contribution in [1.82, 2.24) is 9.55 Å². The number of aryl methyl sites for hydroxylation is 1. The Balaban J connectivity index is 1.62. The van der Waals surface area contributed by atoms with E-state index in [2.05, 4.69) is 79.1 Å². The van der Waals surface area contributed by atoms with E-state index in [1.54, 1.807) is 16.2 Å². The van der Waals surface area contributed by atoms with Gasteiger partial charge in [-0.05, 0) is 32.4 Å². The average Bonchev–Trinajstić information content (AvgIpc) is 3.27. The Kier molecular flexibility index (Phi) is 5.06. The van der Waals surface area contributed by atoms with Gasteiger partial charge in [-0.25, -0.2) is 4.98 Å². The maximum Gasteiger partial charge on any atom is 0.186 e. The Hall–Kier alpha value is -2.11. The van der Waals surface area contributed by atoms with E-state index in [1.165, 1.54) is 40.7 Å². The highest BCUT2D eigenvalue weighted by molar-refractivity contribution is 7.14. The summed E-state index contributed by atoms with van der Waals surface area (Å²) in [5.41, 5.74) is 6.29. The van der Waals surface area contributed by atoms with Crippen molar-refractivity contribution in [3.63, 3.8) is 0 Å². The fraction of sp³-hybridized carbons (Fsp3) is 0.409. The maximum absolute atomic E-state index is 5.00. The van der Waals surface area contributed by atoms with E-state index in [0.717, 1.165) is 18.8 Å². The first-order valence-electron chi connectivity index (χ1n) is 9.80. The summed E-state index contributed by atoms with van der Waals surface area (Å²) < 4.78 is 2.43. The lowest BCUT2D eigenvalue weighted by Gasteiger charge is -2.29. The van der Waals surface area contributed by atoms with Gasteiger partial charge < -0.3 is 14.4 Å². The summed E-state index contributed by atoms with van der Waals surface area (Å²) in [4.78, 5) is 9.05. The zero-order valence-corrected chi connectivity index (χ0v) is 17.5. The molecule has 0 radical (unpaired) electrons. The lowest BCUT2D eigenvalue weighted by Crippen LogP contribution is -3.12. The number of anilines is 1. The van der Waals surface area contributed by atoms with Gasteiger partial charge in [0.25, 0.3) is 0 Å². The molecule has 142 valence electrons. The Labute approximate surface area is 166 Å². The van der Waals surface area contributed by atoms with Crippen LogP contribution in [0.15, 0.2) is 41.8 Å². The van der Waals surface area contributed by atoms with Crippen LogP contribution in [0.4, 0.5) is 5.13 Å². The quantitative estimate of drug-likeness (QED) is 0.751. The number of rotatable bonds is 4. The van der Waals surface area contributed by atoms with Crippen LogP contribution in [0.2, 0.25) is 0 Å². The molecule has 4 nitrogen and oxygen atoms in total. The number of nitrogens with zero attached hydrogens (tertiary/aromatic N) is 3. The zero-order valence-electron chi connectivity index (χ0n) is 16.7. The molecular formula is C22H29N4S+. The number of nitrogens with one attached hydrogen (secondary N) is 1. The molecule has 4 rings (SSSR count). The minimum Gasteiger partial charge on any atom is -0.341 e. The Bertz CT molecular complexity index is 904. The van der Waals surface area contributed by atoms with Crippen LogP contribution in [0.1, 0.15) is 29.9 Å². The number of likely N-dealkylation sites (N-methyl/N-ethyl adjacent to an activating group) is 1. The second-order valence-electron chi connectivity index (χ2n) is 7.70. The molecule has 0 amide bonds. The lowest BCUT2D eigenvalue weighted by molar-refractivity contribution is -0.880. The van der Waals surface area contributed by atoms with Gasteiger partial charge in [0.15, 0.2) is 5.13 Å². The molecule has 3 heterocycles. The van der Waals surface area contributed by atoms with Crippen LogP contribution in [0, 0.1) is 13.8 Å². The molecular weight excluding hydrogens is 352 g/mol. The third kappa shape index (κ3) is 3.54. The Morgan fingerprint density at radius 2 is 1.81 bits per heavy atom. The number of hydrogen-bond donors (Lipinski definition) is 1. The van der Waals surface area contributed by atoms with E-state index in [-0.39, 0.29) is 0 Å². The van der Waals surface area contributed by atoms with Crippen molar-refractivity contribution in [3.05, 3.63) is 58.7 Å². The van der Waals surface area contributed by atoms with Gasteiger partial charge >= 0.3 is 0 Å². The fourth-order valence-corrected chi connectivity index (χ4v) is 5.01. The van der Waals surface area contributed by atoms with E-state index in [0.29, 0.717) is 6.04 Å². The van der Waals surface area contributed by atoms with Gasteiger partial charge in [0.1, 0.15) is 0 Å². The molecule has 0 unspecified atom stereocenters. The number of benzene rings is 1. The van der Waals surface area contributed by atoms with E-state index < -0.39 is 0 Å². The highest BCUT2D eigenvalue weighted by atomic mass is 32.1. The highest BCUT2D eigenvalue weighted by Crippen LogP contribution is 2.34. The van der Waals surface area contributed by atoms with E-state index in [9.17, 15) is 0 Å². The number of aromatic nitrogens is 2. The summed E-state index contributed by atoms with van der Waals surface area (Å²) in [6, 6.07) is 13.3. The van der Waals surface area contributed by atoms with Crippen molar-refractivity contribution in [1.29, 1.82) is 0 Å². The molecule has 1 N–H and O–H groups in total. The van der Waals surface area contributed by atoms with Crippen molar-refractivity contribution in [2.24, 2.45) is 0 Å². The van der Waals surface area contributed by atoms with Crippen molar-refractivity contribution in [2.75, 3.05) is 38.1 Å². The van der Waals surface area contributed by atoms with Gasteiger partial charge in [-0.2, -0.15) is 0 Å². The van der Waals surface area contributed by atoms with Crippen LogP contribution in [-0.2, 0) is 0 Å². The van der Waals surface area contributed by atoms with Crippen LogP contribution in [0.25, 0.3) is 11.3 Å². The van der Waals surface area contributed by atoms with Crippen molar-refractivity contribution < 1.29 is 4.90 Å². The zero-order chi connectivity index (χ0) is 19.0. The minimum absolute atomic E-state index is 0.318. The Morgan fingerprint density at radius 3 is 2.52 bits per heavy atom. The average molecular weight is 382 g/mol. The summed E-state index contributed by atoms with van der Waals surface area (Å²) in [6.45, 7) is 11.3. The maximum atomic E-state index is 5.00. The molecule has 1 aliphatic heterocycles. The lowest BCUT2D eigenvalue weighted by atomic mass is 10.1. The smallest absolute Gasteiger partial charge is 0.186 e. The first-order chi connectivity index (χ1) is 13.0. The molecule has 0 spiro atoms. The van der Waals surface area contributed by atoms with Gasteiger partial charge in [0.05, 0.1) is 45.0 Å². The first-order valence-corrected chi connectivity index (χ1v) is 10.7. The van der Waals surface area contributed by atoms with E-state index >= 15 is 0 Å². The van der Waals surface area contributed by atoms with Gasteiger partial charge in [-0.15, -0.1) is 11.3 Å². The normalized spacial score (nSPS) is 16.7. The van der Waals surface area contributed by atoms with Crippen LogP contribution in [-0.4, -0.2) is 42.8 Å². The molecule has 1 saturated heterocycles. The molecule has 1 aliphatic rings. The standard InChI is InChI=1S/C22H28N4S/c1-16-14-20(18(3)26(16)17(2)19-8-6-5-7-9-19)21-15-27-22(23-21)25-12-10-24(4)11-13-25/h5-9,14-15,17H,10-13H2,1-4H3/p+1/t17-/m1/s1. The summed E-state index contributed by atoms with van der Waals surface area (Å²) in [6.07, 6.45) is 0. The monoisotopic (exact) mass is 381 g/mol. The van der Waals surface area contributed by atoms with Crippen molar-refractivity contribution in [2.45, 2.75) is 26.8 Å². The second kappa shape index (κ2) is 7.49. The van der Waals surface area contributed by atoms with E-state index in [1.807, 2.05) is 0 Å². The molecule has 3 aromatic rings. The number of thiazole rings is 1. The van der Waals surface area contributed by atoms with Crippen molar-refractivity contribution in [3.8, 4) is 11.3 Å². The third-order valence-electron chi connectivity index (χ3n) is 5.81. The summed E-state index contributed by atoms with van der Waals surface area (Å²) >= 11 is 1.78. The summed E-state index contributed by atoms with van der Waals surface area (Å²) in [5, 5.41) is 3.39. The molecule has 5 heteroatoms. The minimum atomic E-state index is 0.318. The van der Waals surface area contributed by atoms with Gasteiger partial charge in [0.2, 0.25) is 0 Å². The number of hydrogen-bond acceptors (Lipinski definition) is 3. The van der Waals surface area contributed by atoms with Crippen molar-refractivity contribution >= 4 is 16.5 Å². The molecule has 0 saturated carbocycles. The van der Waals surface area contributed by atoms with Crippen LogP contribution >= 0.6 is 11.3 Å². The predicted molar refractivity (Wildman–Crippen MR) is 114 cm³/mol. The fourth-order valence-electron chi connectivity index (χ4n) is 4.13. The SMILES string of the molecule is Cc1cc(-c2csc(N3CC[NH+](C)CC3)n2)c(C)n1[C@H](C)c1ccccc1. The van der Waals surface area contributed by atoms with E-state index in [4.69, 9.17) is 4.98 Å². The molecule has 1 fully saturated rings. The molecule has 0 aliphatic carbocycles. The van der Waals surface area contributed by atoms with Gasteiger partial charge in [-0.3, -0.25) is 0 Å². The Morgan fingerprint density at radius 1 is 1.11 bits per heavy atom. The molecule has 1 atom stereocenters. The third-order valence-corrected chi connectivity index (χ3v) is 6.71. The van der Waals surface area contributed by atoms with Gasteiger partial charge in [0, 0.05) is 22.3 Å². The molecule has 1 aromatic carbocycles. The highest BCUT2D eigenvalue weighted by Gasteiger charge is 2.22. The second-order valence-corrected chi connectivity index (χ2v) is 8.54. The van der Waals surface area contributed by atoms with Crippen LogP contribution < -0.4 is 9.80 Å². The van der Waals surface area contributed by atoms with Crippen LogP contribution in [0.5, 0.6) is 0 Å². The predicted octanol–water partition coefficient (Wildman–Crippen LogP) is 3.17. The summed E-state index contributed by atoms with van der Waals surface area (Å²) in [7, 11) is 2.27. The number of quaternary nitrogens is 1. The van der Waals surface area contributed by atoms with Crippen LogP contribution in [0.3, 0.4) is 0 Å². The topological polar surface area (TPSA) is 25.5 Å². The molecule has 0 bridgehead atoms. The first kappa shape index (κ1) is 18.3.